The molecule has 0 aliphatic heterocycles. The molecule has 0 spiro atoms. The molecular weight excluding hydrogens is 392 g/mol. The average molecular weight is 415 g/mol. The van der Waals surface area contributed by atoms with Crippen molar-refractivity contribution >= 4 is 17.7 Å². The number of thioether (sulfide) groups is 1. The summed E-state index contributed by atoms with van der Waals surface area (Å²) >= 11 is 1.36. The highest BCUT2D eigenvalue weighted by molar-refractivity contribution is 7.99. The Bertz CT molecular complexity index is 1030. The highest BCUT2D eigenvalue weighted by atomic mass is 32.2. The molecule has 4 aromatic rings. The number of benzene rings is 3. The van der Waals surface area contributed by atoms with E-state index in [0.29, 0.717) is 24.0 Å². The Balaban J connectivity index is 1.43. The first-order valence-corrected chi connectivity index (χ1v) is 10.7. The van der Waals surface area contributed by atoms with Crippen LogP contribution in [0.15, 0.2) is 102 Å². The van der Waals surface area contributed by atoms with Crippen molar-refractivity contribution in [3.05, 3.63) is 108 Å². The van der Waals surface area contributed by atoms with Crippen molar-refractivity contribution in [1.29, 1.82) is 0 Å². The van der Waals surface area contributed by atoms with Crippen LogP contribution in [0.4, 0.5) is 0 Å². The predicted molar refractivity (Wildman–Crippen MR) is 119 cm³/mol. The van der Waals surface area contributed by atoms with Crippen molar-refractivity contribution in [2.24, 2.45) is 0 Å². The summed E-state index contributed by atoms with van der Waals surface area (Å²) in [5, 5.41) is 5.07. The van der Waals surface area contributed by atoms with Gasteiger partial charge in [-0.3, -0.25) is 4.79 Å². The van der Waals surface area contributed by atoms with Gasteiger partial charge >= 0.3 is 0 Å². The molecule has 1 aromatic heterocycles. The van der Waals surface area contributed by atoms with Crippen molar-refractivity contribution in [3.63, 3.8) is 0 Å². The SMILES string of the molecule is O=C(CSc1ncn(-c2ccccc2)n1)N(Cc1ccccc1)Cc1ccccc1. The Morgan fingerprint density at radius 3 is 1.90 bits per heavy atom. The third kappa shape index (κ3) is 5.36. The molecule has 0 unspecified atom stereocenters. The maximum Gasteiger partial charge on any atom is 0.233 e. The van der Waals surface area contributed by atoms with Crippen LogP contribution < -0.4 is 0 Å². The third-order valence-electron chi connectivity index (χ3n) is 4.60. The molecule has 150 valence electrons. The zero-order valence-electron chi connectivity index (χ0n) is 16.5. The standard InChI is InChI=1S/C24H22N4OS/c29-23(18-30-24-25-19-28(26-24)22-14-8-3-9-15-22)27(16-20-10-4-1-5-11-20)17-21-12-6-2-7-13-21/h1-15,19H,16-18H2. The maximum atomic E-state index is 13.0. The summed E-state index contributed by atoms with van der Waals surface area (Å²) in [7, 11) is 0. The van der Waals surface area contributed by atoms with E-state index in [2.05, 4.69) is 10.1 Å². The van der Waals surface area contributed by atoms with Gasteiger partial charge in [0.15, 0.2) is 0 Å². The number of amides is 1. The lowest BCUT2D eigenvalue weighted by molar-refractivity contribution is -0.129. The molecule has 0 saturated carbocycles. The Hall–Kier alpha value is -3.38. The average Bonchev–Trinajstić information content (AvgIpc) is 3.28. The van der Waals surface area contributed by atoms with E-state index < -0.39 is 0 Å². The molecule has 5 nitrogen and oxygen atoms in total. The Labute approximate surface area is 180 Å². The minimum atomic E-state index is 0.0590. The van der Waals surface area contributed by atoms with Gasteiger partial charge in [-0.25, -0.2) is 9.67 Å². The zero-order chi connectivity index (χ0) is 20.6. The first kappa shape index (κ1) is 19.9. The van der Waals surface area contributed by atoms with Gasteiger partial charge < -0.3 is 4.90 Å². The second-order valence-electron chi connectivity index (χ2n) is 6.82. The van der Waals surface area contributed by atoms with Gasteiger partial charge in [0.1, 0.15) is 6.33 Å². The fraction of sp³-hybridized carbons (Fsp3) is 0.125. The van der Waals surface area contributed by atoms with E-state index in [1.165, 1.54) is 11.8 Å². The first-order valence-electron chi connectivity index (χ1n) is 9.73. The Kier molecular flexibility index (Phi) is 6.57. The van der Waals surface area contributed by atoms with Crippen LogP contribution in [0.3, 0.4) is 0 Å². The van der Waals surface area contributed by atoms with E-state index in [-0.39, 0.29) is 5.91 Å². The summed E-state index contributed by atoms with van der Waals surface area (Å²) in [6, 6.07) is 29.9. The second-order valence-corrected chi connectivity index (χ2v) is 7.76. The quantitative estimate of drug-likeness (QED) is 0.396. The fourth-order valence-corrected chi connectivity index (χ4v) is 3.78. The smallest absolute Gasteiger partial charge is 0.233 e. The monoisotopic (exact) mass is 414 g/mol. The minimum absolute atomic E-state index is 0.0590. The van der Waals surface area contributed by atoms with Gasteiger partial charge in [-0.15, -0.1) is 5.10 Å². The van der Waals surface area contributed by atoms with Gasteiger partial charge in [-0.05, 0) is 23.3 Å². The molecule has 0 atom stereocenters. The molecule has 30 heavy (non-hydrogen) atoms. The summed E-state index contributed by atoms with van der Waals surface area (Å²) in [6.07, 6.45) is 1.67. The second kappa shape index (κ2) is 9.89. The number of rotatable bonds is 8. The van der Waals surface area contributed by atoms with E-state index >= 15 is 0 Å². The molecule has 6 heteroatoms. The number of carbonyl (C=O) groups is 1. The molecule has 4 rings (SSSR count). The van der Waals surface area contributed by atoms with Crippen molar-refractivity contribution in [2.75, 3.05) is 5.75 Å². The van der Waals surface area contributed by atoms with E-state index in [9.17, 15) is 4.79 Å². The molecule has 0 aliphatic carbocycles. The van der Waals surface area contributed by atoms with Crippen LogP contribution in [0.25, 0.3) is 5.69 Å². The van der Waals surface area contributed by atoms with Crippen molar-refractivity contribution in [3.8, 4) is 5.69 Å². The van der Waals surface area contributed by atoms with E-state index in [0.717, 1.165) is 16.8 Å². The number of nitrogens with zero attached hydrogens (tertiary/aromatic N) is 4. The summed E-state index contributed by atoms with van der Waals surface area (Å²) in [6.45, 7) is 1.14. The normalized spacial score (nSPS) is 10.7. The maximum absolute atomic E-state index is 13.0. The lowest BCUT2D eigenvalue weighted by Gasteiger charge is -2.23. The molecule has 0 radical (unpaired) electrons. The number of carbonyl (C=O) groups excluding carboxylic acids is 1. The highest BCUT2D eigenvalue weighted by Crippen LogP contribution is 2.17. The van der Waals surface area contributed by atoms with Gasteiger partial charge in [-0.1, -0.05) is 90.6 Å². The van der Waals surface area contributed by atoms with Crippen molar-refractivity contribution in [1.82, 2.24) is 19.7 Å². The van der Waals surface area contributed by atoms with Gasteiger partial charge in [0.25, 0.3) is 0 Å². The summed E-state index contributed by atoms with van der Waals surface area (Å²) < 4.78 is 1.72. The molecule has 0 N–H and O–H groups in total. The fourth-order valence-electron chi connectivity index (χ4n) is 3.08. The lowest BCUT2D eigenvalue weighted by Crippen LogP contribution is -2.31. The lowest BCUT2D eigenvalue weighted by atomic mass is 10.1. The Morgan fingerprint density at radius 1 is 0.800 bits per heavy atom. The van der Waals surface area contributed by atoms with Gasteiger partial charge in [0.2, 0.25) is 11.1 Å². The first-order chi connectivity index (χ1) is 14.8. The number of para-hydroxylation sites is 1. The molecule has 0 aliphatic rings. The molecule has 3 aromatic carbocycles. The molecule has 0 fully saturated rings. The summed E-state index contributed by atoms with van der Waals surface area (Å²) in [4.78, 5) is 19.3. The highest BCUT2D eigenvalue weighted by Gasteiger charge is 2.16. The summed E-state index contributed by atoms with van der Waals surface area (Å²) in [5.41, 5.74) is 3.16. The van der Waals surface area contributed by atoms with Crippen LogP contribution in [0.5, 0.6) is 0 Å². The Morgan fingerprint density at radius 2 is 1.33 bits per heavy atom. The largest absolute Gasteiger partial charge is 0.333 e. The van der Waals surface area contributed by atoms with Gasteiger partial charge in [0.05, 0.1) is 11.4 Å². The molecular formula is C24H22N4OS. The molecule has 1 amide bonds. The van der Waals surface area contributed by atoms with Crippen molar-refractivity contribution < 1.29 is 4.79 Å². The van der Waals surface area contributed by atoms with Crippen LogP contribution in [-0.2, 0) is 17.9 Å². The van der Waals surface area contributed by atoms with Crippen molar-refractivity contribution in [2.45, 2.75) is 18.2 Å². The van der Waals surface area contributed by atoms with Crippen LogP contribution >= 0.6 is 11.8 Å². The molecule has 0 bridgehead atoms. The van der Waals surface area contributed by atoms with Crippen LogP contribution in [0, 0.1) is 0 Å². The number of hydrogen-bond acceptors (Lipinski definition) is 4. The van der Waals surface area contributed by atoms with Crippen LogP contribution in [-0.4, -0.2) is 31.3 Å². The summed E-state index contributed by atoms with van der Waals surface area (Å²) in [5.74, 6) is 0.349. The van der Waals surface area contributed by atoms with Crippen LogP contribution in [0.2, 0.25) is 0 Å². The van der Waals surface area contributed by atoms with E-state index in [4.69, 9.17) is 0 Å². The van der Waals surface area contributed by atoms with E-state index in [1.807, 2.05) is 95.9 Å². The number of hydrogen-bond donors (Lipinski definition) is 0. The minimum Gasteiger partial charge on any atom is -0.333 e. The number of aromatic nitrogens is 3. The van der Waals surface area contributed by atoms with Gasteiger partial charge in [-0.2, -0.15) is 0 Å². The predicted octanol–water partition coefficient (Wildman–Crippen LogP) is 4.59. The van der Waals surface area contributed by atoms with Gasteiger partial charge in [0, 0.05) is 13.1 Å². The molecule has 0 saturated heterocycles. The molecule has 1 heterocycles. The zero-order valence-corrected chi connectivity index (χ0v) is 17.3. The third-order valence-corrected chi connectivity index (χ3v) is 5.44. The van der Waals surface area contributed by atoms with E-state index in [1.54, 1.807) is 11.0 Å². The van der Waals surface area contributed by atoms with Crippen LogP contribution in [0.1, 0.15) is 11.1 Å². The topological polar surface area (TPSA) is 51.0 Å².